The van der Waals surface area contributed by atoms with Gasteiger partial charge in [0.15, 0.2) is 0 Å². The molecule has 0 atom stereocenters. The maximum atomic E-state index is 5.34. The fourth-order valence-corrected chi connectivity index (χ4v) is 1.69. The molecule has 0 aliphatic rings. The molecule has 2 aromatic heterocycles. The van der Waals surface area contributed by atoms with Gasteiger partial charge in [0.05, 0.1) is 0 Å². The molecule has 0 amide bonds. The number of hydrogen-bond acceptors (Lipinski definition) is 5. The zero-order valence-electron chi connectivity index (χ0n) is 10.4. The number of likely N-dealkylation sites (N-methyl/N-ethyl adjacent to an activating group) is 1. The summed E-state index contributed by atoms with van der Waals surface area (Å²) in [4.78, 5) is 10.5. The molecule has 2 rings (SSSR count). The zero-order chi connectivity index (χ0) is 12.8. The van der Waals surface area contributed by atoms with Crippen LogP contribution in [0.2, 0.25) is 0 Å². The Hall–Kier alpha value is -2.14. The highest BCUT2D eigenvalue weighted by atomic mass is 15.2. The first kappa shape index (κ1) is 12.3. The topological polar surface area (TPSA) is 67.1 Å². The first-order chi connectivity index (χ1) is 8.79. The lowest BCUT2D eigenvalue weighted by Crippen LogP contribution is -2.21. The van der Waals surface area contributed by atoms with Gasteiger partial charge in [0.1, 0.15) is 5.82 Å². The van der Waals surface area contributed by atoms with Crippen LogP contribution in [0.4, 0.5) is 11.5 Å². The molecule has 0 radical (unpaired) electrons. The van der Waals surface area contributed by atoms with Crippen molar-refractivity contribution in [2.45, 2.75) is 6.42 Å². The van der Waals surface area contributed by atoms with Gasteiger partial charge in [-0.25, -0.2) is 10.8 Å². The Labute approximate surface area is 107 Å². The number of nitrogens with zero attached hydrogens (tertiary/aromatic N) is 3. The maximum Gasteiger partial charge on any atom is 0.141 e. The zero-order valence-corrected chi connectivity index (χ0v) is 10.4. The summed E-state index contributed by atoms with van der Waals surface area (Å²) in [7, 11) is 2.04. The van der Waals surface area contributed by atoms with Crippen LogP contribution in [-0.4, -0.2) is 23.6 Å². The van der Waals surface area contributed by atoms with E-state index in [4.69, 9.17) is 5.84 Å². The van der Waals surface area contributed by atoms with Crippen LogP contribution >= 0.6 is 0 Å². The second-order valence-electron chi connectivity index (χ2n) is 4.04. The molecule has 0 aliphatic carbocycles. The quantitative estimate of drug-likeness (QED) is 0.614. The predicted molar refractivity (Wildman–Crippen MR) is 73.3 cm³/mol. The number of nitrogens with one attached hydrogen (secondary N) is 1. The van der Waals surface area contributed by atoms with Crippen LogP contribution in [0.25, 0.3) is 0 Å². The fraction of sp³-hybridized carbons (Fsp3) is 0.231. The average molecular weight is 243 g/mol. The minimum atomic E-state index is 0.664. The Kier molecular flexibility index (Phi) is 4.09. The molecule has 0 aromatic carbocycles. The molecule has 94 valence electrons. The summed E-state index contributed by atoms with van der Waals surface area (Å²) in [6, 6.07) is 9.84. The van der Waals surface area contributed by atoms with Gasteiger partial charge in [-0.2, -0.15) is 0 Å². The number of pyridine rings is 2. The molecule has 0 spiro atoms. The summed E-state index contributed by atoms with van der Waals surface area (Å²) >= 11 is 0. The van der Waals surface area contributed by atoms with Crippen molar-refractivity contribution in [3.8, 4) is 0 Å². The minimum absolute atomic E-state index is 0.664. The van der Waals surface area contributed by atoms with Gasteiger partial charge in [-0.3, -0.25) is 4.98 Å². The maximum absolute atomic E-state index is 5.34. The van der Waals surface area contributed by atoms with Gasteiger partial charge in [-0.05, 0) is 18.2 Å². The van der Waals surface area contributed by atoms with Gasteiger partial charge in [0.2, 0.25) is 0 Å². The summed E-state index contributed by atoms with van der Waals surface area (Å²) in [5, 5.41) is 0. The fourth-order valence-electron chi connectivity index (χ4n) is 1.69. The van der Waals surface area contributed by atoms with Crippen LogP contribution in [0, 0.1) is 0 Å². The predicted octanol–water partition coefficient (Wildman–Crippen LogP) is 1.44. The van der Waals surface area contributed by atoms with Crippen LogP contribution in [0.1, 0.15) is 5.69 Å². The number of nitrogens with two attached hydrogens (primary N) is 1. The molecule has 2 heterocycles. The summed E-state index contributed by atoms with van der Waals surface area (Å²) in [5.41, 5.74) is 4.72. The Morgan fingerprint density at radius 2 is 2.11 bits per heavy atom. The lowest BCUT2D eigenvalue weighted by Gasteiger charge is -2.19. The molecule has 2 aromatic rings. The standard InChI is InChI=1S/C13H17N5/c1-18(9-6-11-4-2-3-7-15-11)12-5-8-16-13(10-12)17-14/h2-5,7-8,10H,6,9,14H2,1H3,(H,16,17). The average Bonchev–Trinajstić information content (AvgIpc) is 2.46. The van der Waals surface area contributed by atoms with Crippen molar-refractivity contribution in [2.75, 3.05) is 23.9 Å². The molecule has 5 nitrogen and oxygen atoms in total. The van der Waals surface area contributed by atoms with Gasteiger partial charge < -0.3 is 10.3 Å². The highest BCUT2D eigenvalue weighted by molar-refractivity contribution is 5.52. The number of aromatic nitrogens is 2. The number of nitrogen functional groups attached to an aromatic ring is 1. The molecule has 5 heteroatoms. The number of rotatable bonds is 5. The number of anilines is 2. The van der Waals surface area contributed by atoms with Crippen molar-refractivity contribution < 1.29 is 0 Å². The lowest BCUT2D eigenvalue weighted by molar-refractivity contribution is 0.851. The van der Waals surface area contributed by atoms with E-state index in [9.17, 15) is 0 Å². The minimum Gasteiger partial charge on any atom is -0.374 e. The first-order valence-corrected chi connectivity index (χ1v) is 5.83. The van der Waals surface area contributed by atoms with Crippen molar-refractivity contribution in [1.29, 1.82) is 0 Å². The van der Waals surface area contributed by atoms with E-state index in [0.29, 0.717) is 5.82 Å². The van der Waals surface area contributed by atoms with E-state index in [1.165, 1.54) is 0 Å². The van der Waals surface area contributed by atoms with Crippen LogP contribution in [0.3, 0.4) is 0 Å². The van der Waals surface area contributed by atoms with Gasteiger partial charge in [0.25, 0.3) is 0 Å². The van der Waals surface area contributed by atoms with Crippen molar-refractivity contribution in [2.24, 2.45) is 5.84 Å². The van der Waals surface area contributed by atoms with Crippen molar-refractivity contribution in [3.63, 3.8) is 0 Å². The summed E-state index contributed by atoms with van der Waals surface area (Å²) in [6.07, 6.45) is 4.46. The third kappa shape index (κ3) is 3.18. The SMILES string of the molecule is CN(CCc1ccccn1)c1ccnc(NN)c1. The van der Waals surface area contributed by atoms with Crippen molar-refractivity contribution in [3.05, 3.63) is 48.4 Å². The Bertz CT molecular complexity index is 486. The number of hydrogen-bond donors (Lipinski definition) is 2. The molecule has 3 N–H and O–H groups in total. The second kappa shape index (κ2) is 5.97. The van der Waals surface area contributed by atoms with E-state index in [-0.39, 0.29) is 0 Å². The van der Waals surface area contributed by atoms with Gasteiger partial charge in [0, 0.05) is 49.9 Å². The largest absolute Gasteiger partial charge is 0.374 e. The van der Waals surface area contributed by atoms with Gasteiger partial charge in [-0.15, -0.1) is 0 Å². The molecular weight excluding hydrogens is 226 g/mol. The molecule has 0 unspecified atom stereocenters. The second-order valence-corrected chi connectivity index (χ2v) is 4.04. The van der Waals surface area contributed by atoms with E-state index in [0.717, 1.165) is 24.3 Å². The van der Waals surface area contributed by atoms with Crippen LogP contribution in [-0.2, 0) is 6.42 Å². The van der Waals surface area contributed by atoms with Crippen LogP contribution in [0.15, 0.2) is 42.7 Å². The van der Waals surface area contributed by atoms with E-state index in [1.54, 1.807) is 6.20 Å². The highest BCUT2D eigenvalue weighted by Gasteiger charge is 2.03. The molecule has 0 saturated carbocycles. The van der Waals surface area contributed by atoms with Crippen molar-refractivity contribution in [1.82, 2.24) is 9.97 Å². The summed E-state index contributed by atoms with van der Waals surface area (Å²) in [5.74, 6) is 6.01. The molecule has 0 fully saturated rings. The van der Waals surface area contributed by atoms with E-state index in [2.05, 4.69) is 20.3 Å². The molecule has 0 saturated heterocycles. The third-order valence-corrected chi connectivity index (χ3v) is 2.76. The summed E-state index contributed by atoms with van der Waals surface area (Å²) in [6.45, 7) is 0.894. The monoisotopic (exact) mass is 243 g/mol. The first-order valence-electron chi connectivity index (χ1n) is 5.83. The van der Waals surface area contributed by atoms with Crippen molar-refractivity contribution >= 4 is 11.5 Å². The summed E-state index contributed by atoms with van der Waals surface area (Å²) < 4.78 is 0. The van der Waals surface area contributed by atoms with E-state index in [1.807, 2.05) is 43.6 Å². The van der Waals surface area contributed by atoms with E-state index < -0.39 is 0 Å². The third-order valence-electron chi connectivity index (χ3n) is 2.76. The number of hydrazine groups is 1. The normalized spacial score (nSPS) is 10.1. The molecule has 18 heavy (non-hydrogen) atoms. The Morgan fingerprint density at radius 3 is 2.83 bits per heavy atom. The smallest absolute Gasteiger partial charge is 0.141 e. The van der Waals surface area contributed by atoms with Crippen LogP contribution in [0.5, 0.6) is 0 Å². The Balaban J connectivity index is 1.97. The highest BCUT2D eigenvalue weighted by Crippen LogP contribution is 2.15. The van der Waals surface area contributed by atoms with Crippen LogP contribution < -0.4 is 16.2 Å². The molecule has 0 aliphatic heterocycles. The van der Waals surface area contributed by atoms with Gasteiger partial charge >= 0.3 is 0 Å². The van der Waals surface area contributed by atoms with Gasteiger partial charge in [-0.1, -0.05) is 6.07 Å². The Morgan fingerprint density at radius 1 is 1.22 bits per heavy atom. The lowest BCUT2D eigenvalue weighted by atomic mass is 10.2. The molecular formula is C13H17N5. The molecule has 0 bridgehead atoms. The van der Waals surface area contributed by atoms with E-state index >= 15 is 0 Å².